The summed E-state index contributed by atoms with van der Waals surface area (Å²) >= 11 is 20.5. The van der Waals surface area contributed by atoms with Gasteiger partial charge in [0.15, 0.2) is 0 Å². The zero-order valence-electron chi connectivity index (χ0n) is 52.8. The molecule has 7 aromatic rings. The summed E-state index contributed by atoms with van der Waals surface area (Å²) in [6, 6.07) is 19.6. The zero-order valence-corrected chi connectivity index (χ0v) is 59.3. The van der Waals surface area contributed by atoms with Crippen molar-refractivity contribution in [1.29, 1.82) is 0 Å². The first kappa shape index (κ1) is 65.5. The fourth-order valence-corrected chi connectivity index (χ4v) is 21.1. The number of thiocarbonyl (C=S) groups is 2. The van der Waals surface area contributed by atoms with Crippen molar-refractivity contribution >= 4 is 149 Å². The summed E-state index contributed by atoms with van der Waals surface area (Å²) in [7, 11) is 0. The summed E-state index contributed by atoms with van der Waals surface area (Å²) < 4.78 is 21.2. The van der Waals surface area contributed by atoms with E-state index in [0.29, 0.717) is 31.5 Å². The molecule has 2 aliphatic heterocycles. The quantitative estimate of drug-likeness (QED) is 0.0221. The van der Waals surface area contributed by atoms with Crippen molar-refractivity contribution < 1.29 is 9.59 Å². The average Bonchev–Trinajstić information content (AvgIpc) is 1.60. The van der Waals surface area contributed by atoms with E-state index in [1.54, 1.807) is 20.9 Å². The highest BCUT2D eigenvalue weighted by molar-refractivity contribution is 8.27. The number of carbonyl (C=O) groups excluding carboxylic acids is 2. The van der Waals surface area contributed by atoms with Crippen molar-refractivity contribution in [1.82, 2.24) is 27.3 Å². The lowest BCUT2D eigenvalue weighted by molar-refractivity contribution is -0.122. The maximum absolute atomic E-state index is 13.5. The Labute approximate surface area is 559 Å². The summed E-state index contributed by atoms with van der Waals surface area (Å²) in [4.78, 5) is 37.0. The van der Waals surface area contributed by atoms with Crippen LogP contribution in [-0.4, -0.2) is 60.8 Å². The molecule has 6 heterocycles. The first-order chi connectivity index (χ1) is 43.0. The number of amides is 2. The highest BCUT2D eigenvalue weighted by atomic mass is 32.2. The van der Waals surface area contributed by atoms with Crippen LogP contribution >= 0.6 is 94.1 Å². The molecule has 11 rings (SSSR count). The molecule has 0 N–H and O–H groups in total. The number of carbonyl (C=O) groups is 2. The van der Waals surface area contributed by atoms with Crippen molar-refractivity contribution in [2.24, 2.45) is 0 Å². The molecule has 0 saturated carbocycles. The van der Waals surface area contributed by atoms with Gasteiger partial charge in [-0.25, -0.2) is 0 Å². The van der Waals surface area contributed by atoms with Crippen LogP contribution in [0, 0.1) is 0 Å². The lowest BCUT2D eigenvalue weighted by atomic mass is 9.68. The van der Waals surface area contributed by atoms with Crippen LogP contribution < -0.4 is 0 Å². The van der Waals surface area contributed by atoms with Crippen LogP contribution in [0.1, 0.15) is 255 Å². The Morgan fingerprint density at radius 2 is 0.739 bits per heavy atom. The Morgan fingerprint density at radius 3 is 1.07 bits per heavy atom. The average molecular weight is 1330 g/mol. The second-order valence-corrected chi connectivity index (χ2v) is 31.6. The van der Waals surface area contributed by atoms with Crippen molar-refractivity contribution in [3.63, 3.8) is 0 Å². The third-order valence-electron chi connectivity index (χ3n) is 19.4. The fraction of sp³-hybridized carbons (Fsp3) is 0.528. The molecular formula is C72H88N6O2S8. The van der Waals surface area contributed by atoms with Gasteiger partial charge in [-0.2, -0.15) is 17.5 Å². The van der Waals surface area contributed by atoms with Crippen LogP contribution in [0.5, 0.6) is 0 Å². The standard InChI is InChI=1S/C72H88N6O2S8/c1-7-13-17-21-25-29-37-71(38-30-26-22-18-14-8-2)53-43-52-54(44-51(53)65-55(71)45-57(83-65)49-35-33-47(61-63(49)75-87-73-61)41-59-67(79)77(11-5)69(81)85-59)72(39-31-27-23-19-15-9-3,40-32-28-24-20-16-10-4)56-46-58(84-66(52)56)50-36-34-48(62-64(50)76-88-74-62)42-60-68(80)78(12-6)70(82)86-60/h33-36,41-46H,7-32,37-40H2,1-6H3/b59-41-,60-42-. The molecule has 0 bridgehead atoms. The molecule has 16 heteroatoms. The van der Waals surface area contributed by atoms with Gasteiger partial charge in [0.2, 0.25) is 0 Å². The minimum Gasteiger partial charge on any atom is -0.293 e. The number of aromatic nitrogens is 4. The molecule has 2 aliphatic carbocycles. The number of rotatable bonds is 34. The predicted molar refractivity (Wildman–Crippen MR) is 391 cm³/mol. The monoisotopic (exact) mass is 1320 g/mol. The van der Waals surface area contributed by atoms with Crippen LogP contribution in [0.3, 0.4) is 0 Å². The number of benzene rings is 3. The van der Waals surface area contributed by atoms with Gasteiger partial charge in [0.25, 0.3) is 11.8 Å². The number of nitrogens with zero attached hydrogens (tertiary/aromatic N) is 6. The number of thiophene rings is 2. The second-order valence-electron chi connectivity index (χ2n) is 25.1. The Bertz CT molecular complexity index is 3460. The normalized spacial score (nSPS) is 16.7. The van der Waals surface area contributed by atoms with Gasteiger partial charge in [-0.3, -0.25) is 19.4 Å². The summed E-state index contributed by atoms with van der Waals surface area (Å²) in [6.45, 7) is 14.4. The van der Waals surface area contributed by atoms with Gasteiger partial charge >= 0.3 is 0 Å². The molecule has 466 valence electrons. The Kier molecular flexibility index (Phi) is 22.5. The largest absolute Gasteiger partial charge is 0.293 e. The van der Waals surface area contributed by atoms with Crippen LogP contribution in [-0.2, 0) is 20.4 Å². The van der Waals surface area contributed by atoms with E-state index in [-0.39, 0.29) is 22.6 Å². The minimum absolute atomic E-state index is 0.0365. The van der Waals surface area contributed by atoms with Gasteiger partial charge in [-0.05, 0) is 109 Å². The van der Waals surface area contributed by atoms with Crippen molar-refractivity contribution in [2.75, 3.05) is 13.1 Å². The summed E-state index contributed by atoms with van der Waals surface area (Å²) in [5.41, 5.74) is 16.4. The minimum atomic E-state index is -0.138. The number of fused-ring (bicyclic) bond motifs is 8. The second kappa shape index (κ2) is 30.2. The number of unbranched alkanes of at least 4 members (excludes halogenated alkanes) is 20. The van der Waals surface area contributed by atoms with Crippen molar-refractivity contribution in [3.8, 4) is 41.8 Å². The first-order valence-electron chi connectivity index (χ1n) is 33.5. The van der Waals surface area contributed by atoms with E-state index >= 15 is 0 Å². The van der Waals surface area contributed by atoms with Crippen molar-refractivity contribution in [3.05, 3.63) is 91.7 Å². The fourth-order valence-electron chi connectivity index (χ4n) is 14.6. The maximum atomic E-state index is 13.5. The Morgan fingerprint density at radius 1 is 0.409 bits per heavy atom. The number of likely N-dealkylation sites (N-methyl/N-ethyl adjacent to an activating group) is 2. The van der Waals surface area contributed by atoms with E-state index in [1.165, 1.54) is 243 Å². The van der Waals surface area contributed by atoms with Crippen LogP contribution in [0.2, 0.25) is 0 Å². The number of thioether (sulfide) groups is 2. The van der Waals surface area contributed by atoms with Crippen LogP contribution in [0.25, 0.3) is 76.0 Å². The Balaban J connectivity index is 1.07. The van der Waals surface area contributed by atoms with E-state index in [4.69, 9.17) is 41.9 Å². The zero-order chi connectivity index (χ0) is 61.4. The predicted octanol–water partition coefficient (Wildman–Crippen LogP) is 23.1. The molecule has 2 amide bonds. The molecule has 0 spiro atoms. The lowest BCUT2D eigenvalue weighted by Crippen LogP contribution is -2.27. The highest BCUT2D eigenvalue weighted by Crippen LogP contribution is 2.65. The third-order valence-corrected chi connectivity index (χ3v) is 25.6. The maximum Gasteiger partial charge on any atom is 0.266 e. The molecule has 88 heavy (non-hydrogen) atoms. The summed E-state index contributed by atoms with van der Waals surface area (Å²) in [5.74, 6) is -0.0729. The van der Waals surface area contributed by atoms with Gasteiger partial charge < -0.3 is 0 Å². The highest BCUT2D eigenvalue weighted by Gasteiger charge is 2.50. The summed E-state index contributed by atoms with van der Waals surface area (Å²) in [6.07, 6.45) is 38.9. The molecule has 2 fully saturated rings. The van der Waals surface area contributed by atoms with Gasteiger partial charge in [-0.15, -0.1) is 22.7 Å². The molecular weight excluding hydrogens is 1240 g/mol. The van der Waals surface area contributed by atoms with Crippen LogP contribution in [0.15, 0.2) is 58.3 Å². The first-order valence-corrected chi connectivity index (χ1v) is 39.1. The van der Waals surface area contributed by atoms with E-state index in [2.05, 4.69) is 76.2 Å². The molecule has 4 aromatic heterocycles. The van der Waals surface area contributed by atoms with Crippen LogP contribution in [0.4, 0.5) is 0 Å². The molecule has 4 aliphatic rings. The van der Waals surface area contributed by atoms with E-state index in [0.717, 1.165) is 70.0 Å². The van der Waals surface area contributed by atoms with Gasteiger partial charge in [0.1, 0.15) is 30.7 Å². The molecule has 8 nitrogen and oxygen atoms in total. The molecule has 3 aromatic carbocycles. The molecule has 0 unspecified atom stereocenters. The van der Waals surface area contributed by atoms with Gasteiger partial charge in [0.05, 0.1) is 33.3 Å². The van der Waals surface area contributed by atoms with E-state index in [1.807, 2.05) is 48.7 Å². The molecule has 2 saturated heterocycles. The number of hydrogen-bond donors (Lipinski definition) is 0. The van der Waals surface area contributed by atoms with Gasteiger partial charge in [0, 0.05) is 65.7 Å². The summed E-state index contributed by atoms with van der Waals surface area (Å²) in [5, 5.41) is 0. The number of hydrogen-bond acceptors (Lipinski definition) is 14. The van der Waals surface area contributed by atoms with E-state index < -0.39 is 0 Å². The van der Waals surface area contributed by atoms with Crippen molar-refractivity contribution in [2.45, 2.75) is 232 Å². The lowest BCUT2D eigenvalue weighted by Gasteiger charge is -2.34. The molecule has 0 radical (unpaired) electrons. The SMILES string of the molecule is CCCCCCCCC1(CCCCCCCC)c2cc3c(cc2-c2sc(-c4ccc(/C=C5\SC(=S)N(CC)C5=O)c5nsnc45)cc21)C(CCCCCCCC)(CCCCCCCC)c1cc(-c2ccc(/C=C4\SC(=S)N(CC)C4=O)c4nsnc24)sc1-3. The van der Waals surface area contributed by atoms with E-state index in [9.17, 15) is 9.59 Å². The smallest absolute Gasteiger partial charge is 0.266 e. The third kappa shape index (κ3) is 13.2. The topological polar surface area (TPSA) is 92.2 Å². The molecule has 0 atom stereocenters. The Hall–Kier alpha value is -4.00. The van der Waals surface area contributed by atoms with Gasteiger partial charge in [-0.1, -0.05) is 254 Å².